The van der Waals surface area contributed by atoms with Gasteiger partial charge in [0, 0.05) is 28.5 Å². The topological polar surface area (TPSA) is 95.5 Å². The van der Waals surface area contributed by atoms with Gasteiger partial charge in [-0.05, 0) is 48.2 Å². The lowest BCUT2D eigenvalue weighted by Crippen LogP contribution is -2.26. The van der Waals surface area contributed by atoms with Crippen molar-refractivity contribution in [2.75, 3.05) is 5.32 Å². The molecule has 0 saturated carbocycles. The molecule has 0 radical (unpaired) electrons. The summed E-state index contributed by atoms with van der Waals surface area (Å²) in [5.74, 6) is -1.28. The fourth-order valence-electron chi connectivity index (χ4n) is 4.27. The zero-order valence-electron chi connectivity index (χ0n) is 17.1. The van der Waals surface area contributed by atoms with Crippen LogP contribution >= 0.6 is 11.3 Å². The maximum absolute atomic E-state index is 13.2. The highest BCUT2D eigenvalue weighted by atomic mass is 32.1. The van der Waals surface area contributed by atoms with Gasteiger partial charge in [0.25, 0.3) is 11.8 Å². The number of carboxylic acids is 1. The Hall–Kier alpha value is -3.71. The number of carbonyl (C=O) groups is 3. The quantitative estimate of drug-likeness (QED) is 0.504. The van der Waals surface area contributed by atoms with E-state index in [1.165, 1.54) is 41.2 Å². The van der Waals surface area contributed by atoms with E-state index in [0.717, 1.165) is 28.8 Å². The minimum atomic E-state index is -1.05. The molecular formula is C25H20N2O4S. The Labute approximate surface area is 188 Å². The van der Waals surface area contributed by atoms with Gasteiger partial charge in [-0.15, -0.1) is 11.3 Å². The number of hydrogen-bond donors (Lipinski definition) is 3. The molecular weight excluding hydrogens is 424 g/mol. The number of hydrogen-bond acceptors (Lipinski definition) is 4. The van der Waals surface area contributed by atoms with Crippen LogP contribution in [0.3, 0.4) is 0 Å². The third kappa shape index (κ3) is 3.50. The number of carboxylic acid groups (broad SMARTS) is 1. The molecule has 0 bridgehead atoms. The van der Waals surface area contributed by atoms with Crippen LogP contribution in [0.15, 0.2) is 60.7 Å². The number of allylic oxidation sites excluding steroid dienone is 2. The maximum Gasteiger partial charge on any atom is 0.335 e. The summed E-state index contributed by atoms with van der Waals surface area (Å²) in [7, 11) is 0. The third-order valence-corrected chi connectivity index (χ3v) is 7.10. The highest BCUT2D eigenvalue weighted by Crippen LogP contribution is 2.59. The molecule has 160 valence electrons. The number of rotatable bonds is 6. The minimum Gasteiger partial charge on any atom is -0.478 e. The van der Waals surface area contributed by atoms with Crippen LogP contribution in [0.4, 0.5) is 5.00 Å². The standard InChI is InChI=1S/C25H20N2O4S/c28-22(15-9-11-16(12-10-15)25(30)31)27-24-20(19-17-7-4-8-18(17)21(19)32-24)23(29)26-13-14-5-2-1-3-6-14/h1-3,5-7,9-12,18H,4,8,13H2,(H,26,29)(H,27,28)(H,30,31). The van der Waals surface area contributed by atoms with Gasteiger partial charge in [-0.2, -0.15) is 0 Å². The molecule has 32 heavy (non-hydrogen) atoms. The Morgan fingerprint density at radius 2 is 1.69 bits per heavy atom. The van der Waals surface area contributed by atoms with E-state index in [0.29, 0.717) is 28.6 Å². The van der Waals surface area contributed by atoms with Gasteiger partial charge in [-0.25, -0.2) is 4.79 Å². The van der Waals surface area contributed by atoms with Gasteiger partial charge in [0.2, 0.25) is 0 Å². The second kappa shape index (κ2) is 8.09. The van der Waals surface area contributed by atoms with Gasteiger partial charge in [0.15, 0.2) is 0 Å². The van der Waals surface area contributed by atoms with E-state index in [1.54, 1.807) is 0 Å². The van der Waals surface area contributed by atoms with Crippen LogP contribution in [0.5, 0.6) is 0 Å². The van der Waals surface area contributed by atoms with E-state index in [-0.39, 0.29) is 17.4 Å². The zero-order chi connectivity index (χ0) is 22.2. The maximum atomic E-state index is 13.2. The molecule has 2 aromatic carbocycles. The van der Waals surface area contributed by atoms with E-state index in [1.807, 2.05) is 30.3 Å². The monoisotopic (exact) mass is 444 g/mol. The average molecular weight is 445 g/mol. The van der Waals surface area contributed by atoms with Crippen LogP contribution in [0, 0.1) is 0 Å². The van der Waals surface area contributed by atoms with Crippen molar-refractivity contribution in [3.63, 3.8) is 0 Å². The average Bonchev–Trinajstić information content (AvgIpc) is 3.36. The van der Waals surface area contributed by atoms with E-state index in [4.69, 9.17) is 5.11 Å². The molecule has 0 spiro atoms. The Morgan fingerprint density at radius 1 is 0.969 bits per heavy atom. The van der Waals surface area contributed by atoms with Crippen molar-refractivity contribution in [3.05, 3.63) is 93.4 Å². The zero-order valence-corrected chi connectivity index (χ0v) is 17.9. The van der Waals surface area contributed by atoms with Crippen molar-refractivity contribution in [3.8, 4) is 0 Å². The first-order chi connectivity index (χ1) is 15.5. The summed E-state index contributed by atoms with van der Waals surface area (Å²) in [6.07, 6.45) is 4.23. The van der Waals surface area contributed by atoms with E-state index in [2.05, 4.69) is 16.7 Å². The predicted molar refractivity (Wildman–Crippen MR) is 123 cm³/mol. The molecule has 3 aromatic rings. The first kappa shape index (κ1) is 20.2. The molecule has 7 heteroatoms. The van der Waals surface area contributed by atoms with Crippen molar-refractivity contribution < 1.29 is 19.5 Å². The molecule has 3 N–H and O–H groups in total. The second-order valence-electron chi connectivity index (χ2n) is 7.84. The van der Waals surface area contributed by atoms with E-state index >= 15 is 0 Å². The summed E-state index contributed by atoms with van der Waals surface area (Å²) in [6.45, 7) is 0.400. The molecule has 2 aliphatic rings. The first-order valence-corrected chi connectivity index (χ1v) is 11.2. The molecule has 1 unspecified atom stereocenters. The Bertz CT molecular complexity index is 1260. The van der Waals surface area contributed by atoms with Crippen LogP contribution in [0.25, 0.3) is 5.57 Å². The summed E-state index contributed by atoms with van der Waals surface area (Å²) >= 11 is 1.46. The molecule has 6 nitrogen and oxygen atoms in total. The normalized spacial score (nSPS) is 15.8. The fourth-order valence-corrected chi connectivity index (χ4v) is 5.64. The van der Waals surface area contributed by atoms with Crippen molar-refractivity contribution in [2.24, 2.45) is 0 Å². The van der Waals surface area contributed by atoms with Crippen molar-refractivity contribution in [2.45, 2.75) is 25.3 Å². The summed E-state index contributed by atoms with van der Waals surface area (Å²) in [5, 5.41) is 15.5. The Morgan fingerprint density at radius 3 is 2.41 bits per heavy atom. The van der Waals surface area contributed by atoms with Crippen LogP contribution in [-0.2, 0) is 6.54 Å². The molecule has 1 atom stereocenters. The summed E-state index contributed by atoms with van der Waals surface area (Å²) < 4.78 is 0. The van der Waals surface area contributed by atoms with Gasteiger partial charge in [-0.1, -0.05) is 36.4 Å². The predicted octanol–water partition coefficient (Wildman–Crippen LogP) is 4.90. The van der Waals surface area contributed by atoms with Gasteiger partial charge in [0.05, 0.1) is 11.1 Å². The van der Waals surface area contributed by atoms with E-state index < -0.39 is 5.97 Å². The lowest BCUT2D eigenvalue weighted by atomic mass is 9.79. The first-order valence-electron chi connectivity index (χ1n) is 10.4. The van der Waals surface area contributed by atoms with Crippen molar-refractivity contribution in [1.29, 1.82) is 0 Å². The van der Waals surface area contributed by atoms with Gasteiger partial charge in [-0.3, -0.25) is 9.59 Å². The molecule has 2 aliphatic carbocycles. The lowest BCUT2D eigenvalue weighted by molar-refractivity contribution is 0.0696. The highest BCUT2D eigenvalue weighted by Gasteiger charge is 2.42. The summed E-state index contributed by atoms with van der Waals surface area (Å²) in [6, 6.07) is 15.4. The minimum absolute atomic E-state index is 0.112. The fraction of sp³-hybridized carbons (Fsp3) is 0.160. The molecule has 0 aliphatic heterocycles. The van der Waals surface area contributed by atoms with Gasteiger partial charge >= 0.3 is 5.97 Å². The van der Waals surface area contributed by atoms with Crippen LogP contribution in [0.1, 0.15) is 65.8 Å². The molecule has 5 rings (SSSR count). The number of benzene rings is 2. The van der Waals surface area contributed by atoms with Crippen LogP contribution < -0.4 is 10.6 Å². The van der Waals surface area contributed by atoms with Crippen LogP contribution in [0.2, 0.25) is 0 Å². The Balaban J connectivity index is 1.41. The summed E-state index contributed by atoms with van der Waals surface area (Å²) in [4.78, 5) is 38.2. The largest absolute Gasteiger partial charge is 0.478 e. The second-order valence-corrected chi connectivity index (χ2v) is 8.89. The molecule has 0 saturated heterocycles. The molecule has 1 aromatic heterocycles. The van der Waals surface area contributed by atoms with Crippen LogP contribution in [-0.4, -0.2) is 22.9 Å². The van der Waals surface area contributed by atoms with Gasteiger partial charge in [0.1, 0.15) is 5.00 Å². The number of amides is 2. The number of carbonyl (C=O) groups excluding carboxylic acids is 2. The number of fused-ring (bicyclic) bond motifs is 4. The number of nitrogens with one attached hydrogen (secondary N) is 2. The Kier molecular flexibility index (Phi) is 5.11. The highest BCUT2D eigenvalue weighted by molar-refractivity contribution is 7.17. The molecule has 2 amide bonds. The van der Waals surface area contributed by atoms with E-state index in [9.17, 15) is 14.4 Å². The lowest BCUT2D eigenvalue weighted by Gasteiger charge is -2.26. The number of anilines is 1. The third-order valence-electron chi connectivity index (χ3n) is 5.88. The SMILES string of the molecule is O=C(O)c1ccc(C(=O)Nc2sc3c(c2C(=O)NCc2ccccc2)C2=CCCC23)cc1. The number of thiophene rings is 1. The molecule has 1 heterocycles. The number of aromatic carboxylic acids is 1. The van der Waals surface area contributed by atoms with Crippen molar-refractivity contribution >= 4 is 39.7 Å². The van der Waals surface area contributed by atoms with Gasteiger partial charge < -0.3 is 15.7 Å². The smallest absolute Gasteiger partial charge is 0.335 e. The van der Waals surface area contributed by atoms with Crippen molar-refractivity contribution in [1.82, 2.24) is 5.32 Å². The summed E-state index contributed by atoms with van der Waals surface area (Å²) in [5.41, 5.74) is 4.12. The molecule has 0 fully saturated rings.